The summed E-state index contributed by atoms with van der Waals surface area (Å²) in [5.74, 6) is 0. The molecule has 0 saturated heterocycles. The number of nitrogens with one attached hydrogen (secondary N) is 1. The van der Waals surface area contributed by atoms with E-state index in [1.54, 1.807) is 6.08 Å². The second-order valence-electron chi connectivity index (χ2n) is 2.71. The lowest BCUT2D eigenvalue weighted by atomic mass is 10.0. The summed E-state index contributed by atoms with van der Waals surface area (Å²) < 4.78 is 0. The summed E-state index contributed by atoms with van der Waals surface area (Å²) in [7, 11) is 0. The van der Waals surface area contributed by atoms with E-state index < -0.39 is 0 Å². The van der Waals surface area contributed by atoms with Crippen molar-refractivity contribution in [2.45, 2.75) is 31.8 Å². The first-order valence-corrected chi connectivity index (χ1v) is 3.71. The van der Waals surface area contributed by atoms with Gasteiger partial charge in [-0.15, -0.1) is 0 Å². The molecule has 1 rings (SSSR count). The van der Waals surface area contributed by atoms with Gasteiger partial charge in [-0.3, -0.25) is 0 Å². The van der Waals surface area contributed by atoms with Gasteiger partial charge in [0.25, 0.3) is 0 Å². The fraction of sp³-hybridized carbons (Fsp3) is 0.625. The zero-order chi connectivity index (χ0) is 7.40. The molecular weight excluding hydrogens is 126 g/mol. The molecule has 0 aliphatic heterocycles. The molecule has 2 N–H and O–H groups in total. The quantitative estimate of drug-likeness (QED) is 0.524. The smallest absolute Gasteiger partial charge is 0.0574 e. The first-order chi connectivity index (χ1) is 4.79. The average Bonchev–Trinajstić information content (AvgIpc) is 1.84. The van der Waals surface area contributed by atoms with Gasteiger partial charge < -0.3 is 10.5 Å². The molecule has 1 aliphatic rings. The van der Waals surface area contributed by atoms with Crippen molar-refractivity contribution >= 4 is 5.71 Å². The molecule has 1 aliphatic carbocycles. The molecule has 0 heterocycles. The van der Waals surface area contributed by atoms with Crippen molar-refractivity contribution in [3.8, 4) is 0 Å². The number of allylic oxidation sites excluding steroid dienone is 1. The molecule has 0 spiro atoms. The predicted octanol–water partition coefficient (Wildman–Crippen LogP) is 1.50. The molecule has 0 aromatic rings. The second-order valence-corrected chi connectivity index (χ2v) is 2.71. The summed E-state index contributed by atoms with van der Waals surface area (Å²) in [5, 5.41) is 16.5. The van der Waals surface area contributed by atoms with E-state index in [1.807, 2.05) is 6.08 Å². The lowest BCUT2D eigenvalue weighted by molar-refractivity contribution is 0.165. The van der Waals surface area contributed by atoms with Crippen LogP contribution in [-0.4, -0.2) is 16.9 Å². The summed E-state index contributed by atoms with van der Waals surface area (Å²) in [4.78, 5) is 0. The van der Waals surface area contributed by atoms with Crippen molar-refractivity contribution in [3.05, 3.63) is 12.2 Å². The van der Waals surface area contributed by atoms with Crippen LogP contribution in [0.3, 0.4) is 0 Å². The van der Waals surface area contributed by atoms with E-state index in [2.05, 4.69) is 0 Å². The molecule has 2 nitrogen and oxygen atoms in total. The number of aliphatic hydroxyl groups excluding tert-OH is 1. The first-order valence-electron chi connectivity index (χ1n) is 3.71. The minimum atomic E-state index is -0.177. The maximum absolute atomic E-state index is 9.18. The average molecular weight is 139 g/mol. The highest BCUT2D eigenvalue weighted by Crippen LogP contribution is 2.09. The van der Waals surface area contributed by atoms with E-state index in [9.17, 15) is 5.11 Å². The fourth-order valence-electron chi connectivity index (χ4n) is 1.10. The Hall–Kier alpha value is -0.630. The van der Waals surface area contributed by atoms with Crippen LogP contribution >= 0.6 is 0 Å². The number of hydrogen-bond acceptors (Lipinski definition) is 2. The van der Waals surface area contributed by atoms with Crippen molar-refractivity contribution in [1.29, 1.82) is 5.41 Å². The van der Waals surface area contributed by atoms with Crippen LogP contribution in [0.15, 0.2) is 12.2 Å². The third-order valence-corrected chi connectivity index (χ3v) is 1.71. The highest BCUT2D eigenvalue weighted by atomic mass is 16.3. The zero-order valence-electron chi connectivity index (χ0n) is 6.01. The Labute approximate surface area is 61.1 Å². The lowest BCUT2D eigenvalue weighted by Gasteiger charge is -2.09. The van der Waals surface area contributed by atoms with Crippen LogP contribution in [0.4, 0.5) is 0 Å². The van der Waals surface area contributed by atoms with Gasteiger partial charge >= 0.3 is 0 Å². The van der Waals surface area contributed by atoms with Gasteiger partial charge in [0.1, 0.15) is 0 Å². The normalized spacial score (nSPS) is 30.9. The van der Waals surface area contributed by atoms with Gasteiger partial charge in [-0.2, -0.15) is 0 Å². The van der Waals surface area contributed by atoms with Gasteiger partial charge in [-0.1, -0.05) is 6.08 Å². The van der Waals surface area contributed by atoms with Gasteiger partial charge in [-0.25, -0.2) is 0 Å². The maximum atomic E-state index is 9.18. The van der Waals surface area contributed by atoms with Gasteiger partial charge in [0.05, 0.1) is 6.10 Å². The molecule has 0 saturated carbocycles. The standard InChI is InChI=1S/C8H13NO/c9-7-3-1-5-8(10)6-2-4-7/h1,3,8-10H,2,4-6H2/b3-1-,9-7?. The SMILES string of the molecule is N=C1/C=C\CC(O)CCC1. The topological polar surface area (TPSA) is 44.1 Å². The minimum Gasteiger partial charge on any atom is -0.393 e. The summed E-state index contributed by atoms with van der Waals surface area (Å²) in [5.41, 5.74) is 0.687. The molecule has 0 fully saturated rings. The molecule has 0 aromatic heterocycles. The van der Waals surface area contributed by atoms with Crippen LogP contribution in [0.1, 0.15) is 25.7 Å². The third kappa shape index (κ3) is 2.31. The second kappa shape index (κ2) is 3.52. The first kappa shape index (κ1) is 7.48. The molecule has 56 valence electrons. The van der Waals surface area contributed by atoms with Gasteiger partial charge in [0.2, 0.25) is 0 Å². The predicted molar refractivity (Wildman–Crippen MR) is 41.3 cm³/mol. The van der Waals surface area contributed by atoms with Crippen LogP contribution in [-0.2, 0) is 0 Å². The van der Waals surface area contributed by atoms with E-state index in [4.69, 9.17) is 5.41 Å². The molecule has 2 heteroatoms. The third-order valence-electron chi connectivity index (χ3n) is 1.71. The largest absolute Gasteiger partial charge is 0.393 e. The van der Waals surface area contributed by atoms with Gasteiger partial charge in [0, 0.05) is 5.71 Å². The summed E-state index contributed by atoms with van der Waals surface area (Å²) in [6.07, 6.45) is 6.81. The van der Waals surface area contributed by atoms with Crippen molar-refractivity contribution in [2.24, 2.45) is 0 Å². The molecule has 1 atom stereocenters. The van der Waals surface area contributed by atoms with Crippen LogP contribution in [0.5, 0.6) is 0 Å². The minimum absolute atomic E-state index is 0.177. The van der Waals surface area contributed by atoms with Gasteiger partial charge in [0.15, 0.2) is 0 Å². The summed E-state index contributed by atoms with van der Waals surface area (Å²) in [6, 6.07) is 0. The van der Waals surface area contributed by atoms with E-state index >= 15 is 0 Å². The molecule has 0 radical (unpaired) electrons. The highest BCUT2D eigenvalue weighted by Gasteiger charge is 2.04. The Kier molecular flexibility index (Phi) is 2.63. The van der Waals surface area contributed by atoms with Crippen molar-refractivity contribution in [3.63, 3.8) is 0 Å². The molecule has 1 unspecified atom stereocenters. The molecule has 10 heavy (non-hydrogen) atoms. The van der Waals surface area contributed by atoms with Crippen molar-refractivity contribution in [1.82, 2.24) is 0 Å². The fourth-order valence-corrected chi connectivity index (χ4v) is 1.10. The molecule has 0 bridgehead atoms. The zero-order valence-corrected chi connectivity index (χ0v) is 6.01. The Balaban J connectivity index is 2.45. The number of hydrogen-bond donors (Lipinski definition) is 2. The number of rotatable bonds is 0. The van der Waals surface area contributed by atoms with E-state index in [0.717, 1.165) is 19.3 Å². The van der Waals surface area contributed by atoms with Crippen LogP contribution in [0.2, 0.25) is 0 Å². The van der Waals surface area contributed by atoms with E-state index in [-0.39, 0.29) is 6.10 Å². The highest BCUT2D eigenvalue weighted by molar-refractivity contribution is 5.92. The Morgan fingerprint density at radius 2 is 2.40 bits per heavy atom. The van der Waals surface area contributed by atoms with E-state index in [1.165, 1.54) is 0 Å². The maximum Gasteiger partial charge on any atom is 0.0574 e. The van der Waals surface area contributed by atoms with Crippen LogP contribution in [0, 0.1) is 5.41 Å². The Morgan fingerprint density at radius 1 is 1.60 bits per heavy atom. The number of aliphatic hydroxyl groups is 1. The van der Waals surface area contributed by atoms with Crippen molar-refractivity contribution < 1.29 is 5.11 Å². The molecule has 0 amide bonds. The summed E-state index contributed by atoms with van der Waals surface area (Å²) in [6.45, 7) is 0. The summed E-state index contributed by atoms with van der Waals surface area (Å²) >= 11 is 0. The van der Waals surface area contributed by atoms with Crippen LogP contribution < -0.4 is 0 Å². The van der Waals surface area contributed by atoms with Gasteiger partial charge in [-0.05, 0) is 31.8 Å². The Morgan fingerprint density at radius 3 is 3.20 bits per heavy atom. The lowest BCUT2D eigenvalue weighted by Crippen LogP contribution is -2.08. The van der Waals surface area contributed by atoms with Crippen molar-refractivity contribution in [2.75, 3.05) is 0 Å². The molecular formula is C8H13NO. The molecule has 0 aromatic carbocycles. The van der Waals surface area contributed by atoms with Crippen LogP contribution in [0.25, 0.3) is 0 Å². The van der Waals surface area contributed by atoms with E-state index in [0.29, 0.717) is 12.1 Å². The monoisotopic (exact) mass is 139 g/mol. The Bertz CT molecular complexity index is 151.